The average molecular weight is 236 g/mol. The first-order valence-electron chi connectivity index (χ1n) is 4.77. The van der Waals surface area contributed by atoms with Gasteiger partial charge in [0.05, 0.1) is 0 Å². The first-order valence-corrected chi connectivity index (χ1v) is 5.31. The molecule has 0 radical (unpaired) electrons. The van der Waals surface area contributed by atoms with E-state index >= 15 is 0 Å². The maximum absolute atomic E-state index is 11.1. The van der Waals surface area contributed by atoms with Crippen LogP contribution in [-0.4, -0.2) is 16.9 Å². The van der Waals surface area contributed by atoms with Crippen LogP contribution in [0.25, 0.3) is 10.8 Å². The zero-order valence-electron chi connectivity index (χ0n) is 8.40. The van der Waals surface area contributed by atoms with Gasteiger partial charge in [-0.3, -0.25) is 4.79 Å². The lowest BCUT2D eigenvalue weighted by molar-refractivity contribution is -0.113. The summed E-state index contributed by atoms with van der Waals surface area (Å²) in [7, 11) is 0. The molecule has 4 heteroatoms. The molecule has 0 fully saturated rings. The summed E-state index contributed by atoms with van der Waals surface area (Å²) in [5.41, 5.74) is 0.698. The highest BCUT2D eigenvalue weighted by molar-refractivity contribution is 6.29. The fourth-order valence-electron chi connectivity index (χ4n) is 1.51. The number of amides is 1. The van der Waals surface area contributed by atoms with Gasteiger partial charge in [-0.15, -0.1) is 11.6 Å². The van der Waals surface area contributed by atoms with Gasteiger partial charge in [-0.1, -0.05) is 12.1 Å². The molecule has 2 rings (SSSR count). The molecule has 3 nitrogen and oxygen atoms in total. The number of carbonyl (C=O) groups excluding carboxylic acids is 1. The molecule has 16 heavy (non-hydrogen) atoms. The van der Waals surface area contributed by atoms with Gasteiger partial charge >= 0.3 is 0 Å². The number of halogens is 1. The quantitative estimate of drug-likeness (QED) is 0.787. The molecule has 0 saturated carbocycles. The Labute approximate surface area is 97.7 Å². The third-order valence-electron chi connectivity index (χ3n) is 2.23. The van der Waals surface area contributed by atoms with Crippen LogP contribution >= 0.6 is 11.6 Å². The molecule has 0 aliphatic heterocycles. The molecule has 0 unspecified atom stereocenters. The summed E-state index contributed by atoms with van der Waals surface area (Å²) in [5, 5.41) is 13.8. The topological polar surface area (TPSA) is 49.3 Å². The number of hydrogen-bond acceptors (Lipinski definition) is 2. The van der Waals surface area contributed by atoms with Crippen molar-refractivity contribution in [2.45, 2.75) is 0 Å². The van der Waals surface area contributed by atoms with E-state index in [0.717, 1.165) is 10.8 Å². The van der Waals surface area contributed by atoms with Crippen LogP contribution in [-0.2, 0) is 4.79 Å². The van der Waals surface area contributed by atoms with Gasteiger partial charge in [0, 0.05) is 5.69 Å². The predicted molar refractivity (Wildman–Crippen MR) is 65.0 cm³/mol. The Hall–Kier alpha value is -1.74. The van der Waals surface area contributed by atoms with E-state index in [2.05, 4.69) is 5.32 Å². The van der Waals surface area contributed by atoms with Gasteiger partial charge < -0.3 is 10.4 Å². The molecular formula is C12H10ClNO2. The van der Waals surface area contributed by atoms with Gasteiger partial charge in [-0.25, -0.2) is 0 Å². The van der Waals surface area contributed by atoms with E-state index in [0.29, 0.717) is 5.69 Å². The maximum Gasteiger partial charge on any atom is 0.239 e. The SMILES string of the molecule is O=C(CCl)Nc1ccc2cc(O)ccc2c1. The second-order valence-corrected chi connectivity index (χ2v) is 3.70. The van der Waals surface area contributed by atoms with Crippen molar-refractivity contribution in [1.29, 1.82) is 0 Å². The van der Waals surface area contributed by atoms with Gasteiger partial charge in [0.2, 0.25) is 5.91 Å². The Morgan fingerprint density at radius 3 is 2.62 bits per heavy atom. The van der Waals surface area contributed by atoms with Gasteiger partial charge in [0.15, 0.2) is 0 Å². The van der Waals surface area contributed by atoms with E-state index in [1.165, 1.54) is 0 Å². The highest BCUT2D eigenvalue weighted by atomic mass is 35.5. The zero-order chi connectivity index (χ0) is 11.5. The summed E-state index contributed by atoms with van der Waals surface area (Å²) in [4.78, 5) is 11.1. The van der Waals surface area contributed by atoms with Gasteiger partial charge in [0.1, 0.15) is 11.6 Å². The Bertz CT molecular complexity index is 540. The highest BCUT2D eigenvalue weighted by Gasteiger charge is 2.01. The molecule has 0 aliphatic carbocycles. The van der Waals surface area contributed by atoms with Crippen LogP contribution in [0, 0.1) is 0 Å². The summed E-state index contributed by atoms with van der Waals surface area (Å²) < 4.78 is 0. The number of nitrogens with one attached hydrogen (secondary N) is 1. The van der Waals surface area contributed by atoms with Crippen molar-refractivity contribution in [3.8, 4) is 5.75 Å². The molecule has 0 atom stereocenters. The van der Waals surface area contributed by atoms with Crippen LogP contribution in [0.4, 0.5) is 5.69 Å². The van der Waals surface area contributed by atoms with Crippen LogP contribution in [0.2, 0.25) is 0 Å². The van der Waals surface area contributed by atoms with Crippen molar-refractivity contribution in [3.05, 3.63) is 36.4 Å². The van der Waals surface area contributed by atoms with E-state index in [-0.39, 0.29) is 17.5 Å². The number of hydrogen-bond donors (Lipinski definition) is 2. The smallest absolute Gasteiger partial charge is 0.239 e. The Morgan fingerprint density at radius 1 is 1.19 bits per heavy atom. The Balaban J connectivity index is 2.37. The van der Waals surface area contributed by atoms with Crippen LogP contribution in [0.3, 0.4) is 0 Å². The molecule has 2 N–H and O–H groups in total. The van der Waals surface area contributed by atoms with E-state index in [9.17, 15) is 9.90 Å². The molecular weight excluding hydrogens is 226 g/mol. The molecule has 2 aromatic rings. The molecule has 0 bridgehead atoms. The minimum atomic E-state index is -0.236. The fourth-order valence-corrected chi connectivity index (χ4v) is 1.57. The molecule has 0 spiro atoms. The summed E-state index contributed by atoms with van der Waals surface area (Å²) >= 11 is 5.40. The maximum atomic E-state index is 11.1. The summed E-state index contributed by atoms with van der Waals surface area (Å²) in [6, 6.07) is 10.5. The first kappa shape index (κ1) is 10.8. The highest BCUT2D eigenvalue weighted by Crippen LogP contribution is 2.23. The number of carbonyl (C=O) groups is 1. The van der Waals surface area contributed by atoms with Crippen LogP contribution in [0.5, 0.6) is 5.75 Å². The van der Waals surface area contributed by atoms with Crippen molar-refractivity contribution in [3.63, 3.8) is 0 Å². The van der Waals surface area contributed by atoms with Crippen molar-refractivity contribution < 1.29 is 9.90 Å². The Kier molecular flexibility index (Phi) is 2.97. The monoisotopic (exact) mass is 235 g/mol. The van der Waals surface area contributed by atoms with Crippen LogP contribution in [0.1, 0.15) is 0 Å². The minimum Gasteiger partial charge on any atom is -0.508 e. The number of phenols is 1. The number of aromatic hydroxyl groups is 1. The van der Waals surface area contributed by atoms with E-state index in [1.807, 2.05) is 12.1 Å². The second kappa shape index (κ2) is 4.41. The predicted octanol–water partition coefficient (Wildman–Crippen LogP) is 2.72. The van der Waals surface area contributed by atoms with Crippen molar-refractivity contribution in [2.75, 3.05) is 11.2 Å². The molecule has 0 heterocycles. The minimum absolute atomic E-state index is 0.0619. The molecule has 2 aromatic carbocycles. The first-order chi connectivity index (χ1) is 7.69. The second-order valence-electron chi connectivity index (χ2n) is 3.43. The molecule has 82 valence electrons. The van der Waals surface area contributed by atoms with Crippen molar-refractivity contribution in [1.82, 2.24) is 0 Å². The lowest BCUT2D eigenvalue weighted by Crippen LogP contribution is -2.12. The zero-order valence-corrected chi connectivity index (χ0v) is 9.16. The largest absolute Gasteiger partial charge is 0.508 e. The number of rotatable bonds is 2. The van der Waals surface area contributed by atoms with Gasteiger partial charge in [-0.2, -0.15) is 0 Å². The molecule has 0 saturated heterocycles. The number of fused-ring (bicyclic) bond motifs is 1. The number of benzene rings is 2. The summed E-state index contributed by atoms with van der Waals surface area (Å²) in [6.45, 7) is 0. The van der Waals surface area contributed by atoms with E-state index in [4.69, 9.17) is 11.6 Å². The number of alkyl halides is 1. The van der Waals surface area contributed by atoms with Gasteiger partial charge in [-0.05, 0) is 35.0 Å². The summed E-state index contributed by atoms with van der Waals surface area (Å²) in [5.74, 6) is -0.0713. The third-order valence-corrected chi connectivity index (χ3v) is 2.47. The lowest BCUT2D eigenvalue weighted by atomic mass is 10.1. The average Bonchev–Trinajstić information content (AvgIpc) is 2.29. The third kappa shape index (κ3) is 2.25. The van der Waals surface area contributed by atoms with Crippen molar-refractivity contribution in [2.24, 2.45) is 0 Å². The van der Waals surface area contributed by atoms with Crippen molar-refractivity contribution >= 4 is 34.0 Å². The normalized spacial score (nSPS) is 10.3. The molecule has 0 aliphatic rings. The fraction of sp³-hybridized carbons (Fsp3) is 0.0833. The van der Waals surface area contributed by atoms with Crippen LogP contribution < -0.4 is 5.32 Å². The summed E-state index contributed by atoms with van der Waals surface area (Å²) in [6.07, 6.45) is 0. The lowest BCUT2D eigenvalue weighted by Gasteiger charge is -2.05. The Morgan fingerprint density at radius 2 is 1.88 bits per heavy atom. The number of anilines is 1. The molecule has 1 amide bonds. The van der Waals surface area contributed by atoms with E-state index in [1.54, 1.807) is 24.3 Å². The molecule has 0 aromatic heterocycles. The standard InChI is InChI=1S/C12H10ClNO2/c13-7-12(16)14-10-3-1-9-6-11(15)4-2-8(9)5-10/h1-6,15H,7H2,(H,14,16). The van der Waals surface area contributed by atoms with Gasteiger partial charge in [0.25, 0.3) is 0 Å². The van der Waals surface area contributed by atoms with E-state index < -0.39 is 0 Å². The van der Waals surface area contributed by atoms with Crippen LogP contribution in [0.15, 0.2) is 36.4 Å². The number of phenolic OH excluding ortho intramolecular Hbond substituents is 1.